The number of ether oxygens (including phenoxy) is 3. The number of hydrogen-bond acceptors (Lipinski definition) is 6. The van der Waals surface area contributed by atoms with Gasteiger partial charge in [0.05, 0.1) is 0 Å². The number of carbonyl (C=O) groups is 3. The molecule has 434 valence electrons. The average Bonchev–Trinajstić information content (AvgIpc) is 3.40. The summed E-state index contributed by atoms with van der Waals surface area (Å²) < 4.78 is 16.9. The van der Waals surface area contributed by atoms with Crippen molar-refractivity contribution in [2.24, 2.45) is 0 Å². The molecule has 6 nitrogen and oxygen atoms in total. The monoisotopic (exact) mass is 1040 g/mol. The summed E-state index contributed by atoms with van der Waals surface area (Å²) in [7, 11) is 0. The molecular weight excluding hydrogens is 913 g/mol. The fourth-order valence-electron chi connectivity index (χ4n) is 9.89. The Morgan fingerprint density at radius 3 is 0.811 bits per heavy atom. The molecule has 1 atom stereocenters. The summed E-state index contributed by atoms with van der Waals surface area (Å²) in [6.45, 7) is 6.62. The first-order chi connectivity index (χ1) is 36.5. The topological polar surface area (TPSA) is 78.9 Å². The molecule has 0 aromatic heterocycles. The molecule has 0 saturated carbocycles. The summed E-state index contributed by atoms with van der Waals surface area (Å²) in [6.07, 6.45) is 77.4. The van der Waals surface area contributed by atoms with Gasteiger partial charge in [0.1, 0.15) is 13.2 Å². The lowest BCUT2D eigenvalue weighted by Crippen LogP contribution is -2.30. The largest absolute Gasteiger partial charge is 0.462 e. The number of esters is 3. The lowest BCUT2D eigenvalue weighted by Gasteiger charge is -2.18. The highest BCUT2D eigenvalue weighted by Crippen LogP contribution is 2.18. The van der Waals surface area contributed by atoms with Crippen LogP contribution in [0.25, 0.3) is 0 Å². The molecule has 1 unspecified atom stereocenters. The zero-order valence-electron chi connectivity index (χ0n) is 49.9. The molecule has 0 rings (SSSR count). The summed E-state index contributed by atoms with van der Waals surface area (Å²) >= 11 is 0. The quantitative estimate of drug-likeness (QED) is 0.0261. The van der Waals surface area contributed by atoms with Crippen molar-refractivity contribution < 1.29 is 28.6 Å². The highest BCUT2D eigenvalue weighted by molar-refractivity contribution is 5.71. The molecule has 0 aliphatic rings. The molecule has 0 spiro atoms. The van der Waals surface area contributed by atoms with Gasteiger partial charge in [0.25, 0.3) is 0 Å². The second kappa shape index (κ2) is 63.2. The summed E-state index contributed by atoms with van der Waals surface area (Å²) in [6, 6.07) is 0. The molecule has 0 amide bonds. The van der Waals surface area contributed by atoms with E-state index in [9.17, 15) is 14.4 Å². The third-order valence-corrected chi connectivity index (χ3v) is 14.8. The predicted octanol–water partition coefficient (Wildman–Crippen LogP) is 22.4. The van der Waals surface area contributed by atoms with E-state index in [4.69, 9.17) is 14.2 Å². The van der Waals surface area contributed by atoms with Crippen LogP contribution < -0.4 is 0 Å². The minimum atomic E-state index is -0.774. The van der Waals surface area contributed by atoms with E-state index in [1.165, 1.54) is 244 Å². The third-order valence-electron chi connectivity index (χ3n) is 14.8. The van der Waals surface area contributed by atoms with Crippen LogP contribution in [0.15, 0.2) is 36.5 Å². The molecule has 0 radical (unpaired) electrons. The van der Waals surface area contributed by atoms with Gasteiger partial charge in [0, 0.05) is 19.3 Å². The smallest absolute Gasteiger partial charge is 0.306 e. The zero-order valence-corrected chi connectivity index (χ0v) is 49.9. The van der Waals surface area contributed by atoms with Crippen LogP contribution >= 0.6 is 0 Å². The lowest BCUT2D eigenvalue weighted by atomic mass is 10.0. The van der Waals surface area contributed by atoms with Crippen LogP contribution in [-0.4, -0.2) is 37.2 Å². The summed E-state index contributed by atoms with van der Waals surface area (Å²) in [5.41, 5.74) is 0. The van der Waals surface area contributed by atoms with Gasteiger partial charge in [0.2, 0.25) is 0 Å². The van der Waals surface area contributed by atoms with Gasteiger partial charge >= 0.3 is 17.9 Å². The molecule has 0 saturated heterocycles. The van der Waals surface area contributed by atoms with Crippen molar-refractivity contribution in [1.82, 2.24) is 0 Å². The van der Waals surface area contributed by atoms with Crippen molar-refractivity contribution in [2.75, 3.05) is 13.2 Å². The summed E-state index contributed by atoms with van der Waals surface area (Å²) in [4.78, 5) is 38.2. The molecule has 0 aromatic carbocycles. The molecule has 0 fully saturated rings. The van der Waals surface area contributed by atoms with Crippen LogP contribution in [0.1, 0.15) is 361 Å². The van der Waals surface area contributed by atoms with E-state index in [1.807, 2.05) is 0 Å². The van der Waals surface area contributed by atoms with Crippen molar-refractivity contribution in [1.29, 1.82) is 0 Å². The standard InChI is InChI=1S/C68H126O6/c1-4-7-10-13-16-19-22-24-26-28-30-32-34-36-38-40-42-44-46-49-52-55-58-61-67(70)73-64-65(63-72-66(69)60-57-54-51-48-21-18-15-12-9-6-3)74-68(71)62-59-56-53-50-47-45-43-41-39-37-35-33-31-29-27-25-23-20-17-14-11-8-5-2/h12,15,22,24,28,30,65H,4-11,13-14,16-21,23,25-27,29,31-64H2,1-3H3/b15-12-,24-22-,30-28-. The van der Waals surface area contributed by atoms with Gasteiger partial charge in [-0.2, -0.15) is 0 Å². The highest BCUT2D eigenvalue weighted by Gasteiger charge is 2.19. The summed E-state index contributed by atoms with van der Waals surface area (Å²) in [5, 5.41) is 0. The van der Waals surface area contributed by atoms with Gasteiger partial charge in [0.15, 0.2) is 6.10 Å². The minimum absolute atomic E-state index is 0.0718. The van der Waals surface area contributed by atoms with Gasteiger partial charge in [-0.05, 0) is 70.6 Å². The molecule has 0 N–H and O–H groups in total. The van der Waals surface area contributed by atoms with Gasteiger partial charge in [-0.3, -0.25) is 14.4 Å². The van der Waals surface area contributed by atoms with Gasteiger partial charge < -0.3 is 14.2 Å². The van der Waals surface area contributed by atoms with Crippen LogP contribution in [0.5, 0.6) is 0 Å². The van der Waals surface area contributed by atoms with Gasteiger partial charge in [-0.1, -0.05) is 308 Å². The predicted molar refractivity (Wildman–Crippen MR) is 321 cm³/mol. The first kappa shape index (κ1) is 71.6. The van der Waals surface area contributed by atoms with Crippen molar-refractivity contribution in [3.8, 4) is 0 Å². The second-order valence-electron chi connectivity index (χ2n) is 22.4. The molecule has 0 aliphatic carbocycles. The maximum Gasteiger partial charge on any atom is 0.306 e. The van der Waals surface area contributed by atoms with E-state index >= 15 is 0 Å². The maximum absolute atomic E-state index is 12.9. The highest BCUT2D eigenvalue weighted by atomic mass is 16.6. The Labute approximate surface area is 461 Å². The minimum Gasteiger partial charge on any atom is -0.462 e. The number of carbonyl (C=O) groups excluding carboxylic acids is 3. The van der Waals surface area contributed by atoms with Gasteiger partial charge in [-0.25, -0.2) is 0 Å². The Kier molecular flexibility index (Phi) is 61.1. The first-order valence-corrected chi connectivity index (χ1v) is 33.0. The number of unbranched alkanes of at least 4 members (excludes halogenated alkanes) is 44. The Hall–Kier alpha value is -2.37. The molecule has 6 heteroatoms. The first-order valence-electron chi connectivity index (χ1n) is 33.0. The van der Waals surface area contributed by atoms with Crippen molar-refractivity contribution in [3.63, 3.8) is 0 Å². The van der Waals surface area contributed by atoms with E-state index < -0.39 is 6.10 Å². The van der Waals surface area contributed by atoms with Crippen LogP contribution in [-0.2, 0) is 28.6 Å². The Balaban J connectivity index is 4.19. The van der Waals surface area contributed by atoms with Crippen molar-refractivity contribution in [2.45, 2.75) is 367 Å². The normalized spacial score (nSPS) is 12.2. The Morgan fingerprint density at radius 2 is 0.514 bits per heavy atom. The number of rotatable bonds is 61. The Bertz CT molecular complexity index is 1240. The summed E-state index contributed by atoms with van der Waals surface area (Å²) in [5.74, 6) is -0.861. The van der Waals surface area contributed by atoms with E-state index in [0.29, 0.717) is 19.3 Å². The lowest BCUT2D eigenvalue weighted by molar-refractivity contribution is -0.167. The SMILES string of the molecule is CCC/C=C\CCCCCCCC(=O)OCC(COC(=O)CCCCCCCCCCCCC/C=C\C/C=C\CCCCCCC)OC(=O)CCCCCCCCCCCCCCCCCCCCCCCCC. The number of allylic oxidation sites excluding steroid dienone is 6. The molecule has 0 aromatic rings. The third kappa shape index (κ3) is 60.5. The van der Waals surface area contributed by atoms with Crippen LogP contribution in [0.2, 0.25) is 0 Å². The fourth-order valence-corrected chi connectivity index (χ4v) is 9.89. The average molecular weight is 1040 g/mol. The Morgan fingerprint density at radius 1 is 0.270 bits per heavy atom. The number of hydrogen-bond donors (Lipinski definition) is 0. The second-order valence-corrected chi connectivity index (χ2v) is 22.4. The molecule has 0 aliphatic heterocycles. The van der Waals surface area contributed by atoms with Crippen LogP contribution in [0.4, 0.5) is 0 Å². The van der Waals surface area contributed by atoms with E-state index in [-0.39, 0.29) is 31.1 Å². The molecule has 0 bridgehead atoms. The maximum atomic E-state index is 12.9. The van der Waals surface area contributed by atoms with E-state index in [2.05, 4.69) is 57.2 Å². The zero-order chi connectivity index (χ0) is 53.6. The van der Waals surface area contributed by atoms with Gasteiger partial charge in [-0.15, -0.1) is 0 Å². The molecular formula is C68H126O6. The van der Waals surface area contributed by atoms with Crippen LogP contribution in [0.3, 0.4) is 0 Å². The fraction of sp³-hybridized carbons (Fsp3) is 0.868. The molecule has 74 heavy (non-hydrogen) atoms. The van der Waals surface area contributed by atoms with Crippen molar-refractivity contribution >= 4 is 17.9 Å². The molecule has 0 heterocycles. The van der Waals surface area contributed by atoms with E-state index in [1.54, 1.807) is 0 Å². The van der Waals surface area contributed by atoms with E-state index in [0.717, 1.165) is 77.0 Å². The van der Waals surface area contributed by atoms with Crippen molar-refractivity contribution in [3.05, 3.63) is 36.5 Å². The van der Waals surface area contributed by atoms with Crippen LogP contribution in [0, 0.1) is 0 Å².